The maximum Gasteiger partial charge on any atom is 0.0946 e. The van der Waals surface area contributed by atoms with Gasteiger partial charge in [0, 0.05) is 18.8 Å². The molecule has 1 heterocycles. The molecular formula is C9H17N3. The fourth-order valence-corrected chi connectivity index (χ4v) is 1.05. The standard InChI is InChI=1S/C9H17N3/c1-9(2,10)5-4-8-6-12(3)7-11-8/h6-7H,4-5,10H2,1-3H3. The van der Waals surface area contributed by atoms with Gasteiger partial charge >= 0.3 is 0 Å². The third kappa shape index (κ3) is 3.05. The fourth-order valence-electron chi connectivity index (χ4n) is 1.05. The van der Waals surface area contributed by atoms with Crippen LogP contribution in [-0.4, -0.2) is 15.1 Å². The Morgan fingerprint density at radius 2 is 2.25 bits per heavy atom. The van der Waals surface area contributed by atoms with Crippen molar-refractivity contribution >= 4 is 0 Å². The van der Waals surface area contributed by atoms with Gasteiger partial charge in [0.05, 0.1) is 12.0 Å². The minimum absolute atomic E-state index is 0.0858. The maximum atomic E-state index is 5.86. The summed E-state index contributed by atoms with van der Waals surface area (Å²) in [5.74, 6) is 0. The second kappa shape index (κ2) is 3.27. The van der Waals surface area contributed by atoms with E-state index in [2.05, 4.69) is 4.98 Å². The maximum absolute atomic E-state index is 5.86. The third-order valence-corrected chi connectivity index (χ3v) is 1.78. The lowest BCUT2D eigenvalue weighted by atomic mass is 9.99. The van der Waals surface area contributed by atoms with E-state index in [1.54, 1.807) is 0 Å². The van der Waals surface area contributed by atoms with Crippen LogP contribution in [0.15, 0.2) is 12.5 Å². The van der Waals surface area contributed by atoms with Crippen molar-refractivity contribution in [2.45, 2.75) is 32.2 Å². The van der Waals surface area contributed by atoms with Gasteiger partial charge < -0.3 is 10.3 Å². The molecule has 0 saturated carbocycles. The van der Waals surface area contributed by atoms with Gasteiger partial charge in [0.1, 0.15) is 0 Å². The van der Waals surface area contributed by atoms with E-state index in [0.717, 1.165) is 18.5 Å². The van der Waals surface area contributed by atoms with Gasteiger partial charge in [-0.1, -0.05) is 0 Å². The highest BCUT2D eigenvalue weighted by atomic mass is 15.0. The number of rotatable bonds is 3. The molecule has 0 amide bonds. The van der Waals surface area contributed by atoms with Crippen LogP contribution in [-0.2, 0) is 13.5 Å². The number of hydrogen-bond acceptors (Lipinski definition) is 2. The lowest BCUT2D eigenvalue weighted by molar-refractivity contribution is 0.474. The van der Waals surface area contributed by atoms with Crippen LogP contribution in [0.5, 0.6) is 0 Å². The van der Waals surface area contributed by atoms with E-state index in [0.29, 0.717) is 0 Å². The molecule has 0 radical (unpaired) electrons. The quantitative estimate of drug-likeness (QED) is 0.732. The summed E-state index contributed by atoms with van der Waals surface area (Å²) in [6, 6.07) is 0. The van der Waals surface area contributed by atoms with Crippen LogP contribution in [0.25, 0.3) is 0 Å². The topological polar surface area (TPSA) is 43.8 Å². The molecular weight excluding hydrogens is 150 g/mol. The molecule has 12 heavy (non-hydrogen) atoms. The van der Waals surface area contributed by atoms with Gasteiger partial charge in [0.15, 0.2) is 0 Å². The molecule has 1 aromatic rings. The minimum atomic E-state index is -0.0858. The van der Waals surface area contributed by atoms with Crippen LogP contribution in [0.4, 0.5) is 0 Å². The monoisotopic (exact) mass is 167 g/mol. The average molecular weight is 167 g/mol. The van der Waals surface area contributed by atoms with Gasteiger partial charge in [0.2, 0.25) is 0 Å². The zero-order valence-corrected chi connectivity index (χ0v) is 8.04. The van der Waals surface area contributed by atoms with E-state index in [4.69, 9.17) is 5.73 Å². The van der Waals surface area contributed by atoms with E-state index in [1.807, 2.05) is 38.0 Å². The van der Waals surface area contributed by atoms with Gasteiger partial charge in [-0.25, -0.2) is 4.98 Å². The summed E-state index contributed by atoms with van der Waals surface area (Å²) in [4.78, 5) is 4.23. The second-order valence-corrected chi connectivity index (χ2v) is 4.02. The fraction of sp³-hybridized carbons (Fsp3) is 0.667. The van der Waals surface area contributed by atoms with Crippen molar-refractivity contribution in [3.63, 3.8) is 0 Å². The molecule has 0 bridgehead atoms. The zero-order valence-electron chi connectivity index (χ0n) is 8.04. The van der Waals surface area contributed by atoms with Gasteiger partial charge in [-0.2, -0.15) is 0 Å². The lowest BCUT2D eigenvalue weighted by Crippen LogP contribution is -2.32. The van der Waals surface area contributed by atoms with E-state index >= 15 is 0 Å². The Morgan fingerprint density at radius 3 is 2.67 bits per heavy atom. The van der Waals surface area contributed by atoms with Gasteiger partial charge in [0.25, 0.3) is 0 Å². The van der Waals surface area contributed by atoms with Crippen LogP contribution < -0.4 is 5.73 Å². The summed E-state index contributed by atoms with van der Waals surface area (Å²) < 4.78 is 1.96. The smallest absolute Gasteiger partial charge is 0.0946 e. The summed E-state index contributed by atoms with van der Waals surface area (Å²) in [6.07, 6.45) is 5.79. The normalized spacial score (nSPS) is 12.0. The Hall–Kier alpha value is -0.830. The van der Waals surface area contributed by atoms with Crippen molar-refractivity contribution in [3.05, 3.63) is 18.2 Å². The molecule has 3 nitrogen and oxygen atoms in total. The van der Waals surface area contributed by atoms with E-state index in [1.165, 1.54) is 0 Å². The van der Waals surface area contributed by atoms with Crippen molar-refractivity contribution in [3.8, 4) is 0 Å². The molecule has 0 spiro atoms. The van der Waals surface area contributed by atoms with E-state index < -0.39 is 0 Å². The van der Waals surface area contributed by atoms with Crippen molar-refractivity contribution in [1.82, 2.24) is 9.55 Å². The predicted molar refractivity (Wildman–Crippen MR) is 49.8 cm³/mol. The molecule has 1 aromatic heterocycles. The van der Waals surface area contributed by atoms with Crippen LogP contribution in [0.1, 0.15) is 26.0 Å². The summed E-state index contributed by atoms with van der Waals surface area (Å²) in [5.41, 5.74) is 6.89. The predicted octanol–water partition coefficient (Wildman–Crippen LogP) is 1.09. The molecule has 0 saturated heterocycles. The number of nitrogens with two attached hydrogens (primary N) is 1. The Labute approximate surface area is 73.6 Å². The van der Waals surface area contributed by atoms with E-state index in [-0.39, 0.29) is 5.54 Å². The molecule has 0 aromatic carbocycles. The lowest BCUT2D eigenvalue weighted by Gasteiger charge is -2.16. The number of aryl methyl sites for hydroxylation is 2. The Bertz CT molecular complexity index is 245. The first-order valence-corrected chi connectivity index (χ1v) is 4.23. The molecule has 2 N–H and O–H groups in total. The SMILES string of the molecule is Cn1cnc(CCC(C)(C)N)c1. The Balaban J connectivity index is 2.44. The van der Waals surface area contributed by atoms with Crippen LogP contribution in [0, 0.1) is 0 Å². The van der Waals surface area contributed by atoms with Crippen LogP contribution in [0.2, 0.25) is 0 Å². The first-order valence-electron chi connectivity index (χ1n) is 4.23. The number of aromatic nitrogens is 2. The molecule has 0 unspecified atom stereocenters. The minimum Gasteiger partial charge on any atom is -0.340 e. The van der Waals surface area contributed by atoms with E-state index in [9.17, 15) is 0 Å². The summed E-state index contributed by atoms with van der Waals surface area (Å²) in [7, 11) is 1.98. The van der Waals surface area contributed by atoms with Crippen molar-refractivity contribution < 1.29 is 0 Å². The second-order valence-electron chi connectivity index (χ2n) is 4.02. The highest BCUT2D eigenvalue weighted by Crippen LogP contribution is 2.08. The molecule has 1 rings (SSSR count). The first-order chi connectivity index (χ1) is 5.47. The summed E-state index contributed by atoms with van der Waals surface area (Å²) in [6.45, 7) is 4.08. The summed E-state index contributed by atoms with van der Waals surface area (Å²) in [5, 5.41) is 0. The van der Waals surface area contributed by atoms with Crippen molar-refractivity contribution in [1.29, 1.82) is 0 Å². The molecule has 3 heteroatoms. The molecule has 0 atom stereocenters. The molecule has 0 aliphatic carbocycles. The van der Waals surface area contributed by atoms with Crippen molar-refractivity contribution in [2.75, 3.05) is 0 Å². The van der Waals surface area contributed by atoms with Gasteiger partial charge in [-0.05, 0) is 26.7 Å². The Morgan fingerprint density at radius 1 is 1.58 bits per heavy atom. The highest BCUT2D eigenvalue weighted by Gasteiger charge is 2.10. The van der Waals surface area contributed by atoms with Gasteiger partial charge in [-0.3, -0.25) is 0 Å². The Kier molecular flexibility index (Phi) is 2.52. The average Bonchev–Trinajstić information content (AvgIpc) is 2.30. The zero-order chi connectivity index (χ0) is 9.19. The molecule has 0 aliphatic rings. The number of hydrogen-bond donors (Lipinski definition) is 1. The molecule has 0 aliphatic heterocycles. The number of nitrogens with zero attached hydrogens (tertiary/aromatic N) is 2. The van der Waals surface area contributed by atoms with Gasteiger partial charge in [-0.15, -0.1) is 0 Å². The van der Waals surface area contributed by atoms with Crippen molar-refractivity contribution in [2.24, 2.45) is 12.8 Å². The molecule has 0 fully saturated rings. The first kappa shape index (κ1) is 9.26. The largest absolute Gasteiger partial charge is 0.340 e. The van der Waals surface area contributed by atoms with Crippen LogP contribution in [0.3, 0.4) is 0 Å². The summed E-state index contributed by atoms with van der Waals surface area (Å²) >= 11 is 0. The number of imidazole rings is 1. The molecule has 68 valence electrons. The third-order valence-electron chi connectivity index (χ3n) is 1.78. The van der Waals surface area contributed by atoms with Crippen LogP contribution >= 0.6 is 0 Å². The highest BCUT2D eigenvalue weighted by molar-refractivity contribution is 4.97.